The van der Waals surface area contributed by atoms with Crippen LogP contribution in [0.25, 0.3) is 10.2 Å². The molecule has 3 rings (SSSR count). The van der Waals surface area contributed by atoms with E-state index in [-0.39, 0.29) is 12.7 Å². The maximum atomic E-state index is 11.2. The van der Waals surface area contributed by atoms with Gasteiger partial charge in [-0.1, -0.05) is 0 Å². The number of pyridine rings is 1. The summed E-state index contributed by atoms with van der Waals surface area (Å²) in [6.07, 6.45) is 3.34. The molecule has 0 atom stereocenters. The highest BCUT2D eigenvalue weighted by Gasteiger charge is 2.21. The minimum atomic E-state index is -0.233. The second-order valence-corrected chi connectivity index (χ2v) is 6.89. The first-order valence-corrected chi connectivity index (χ1v) is 8.66. The van der Waals surface area contributed by atoms with Gasteiger partial charge in [0.1, 0.15) is 10.6 Å². The highest BCUT2D eigenvalue weighted by molar-refractivity contribution is 7.20. The molecule has 0 bridgehead atoms. The molecule has 0 saturated carbocycles. The lowest BCUT2D eigenvalue weighted by Gasteiger charge is -2.30. The van der Waals surface area contributed by atoms with Crippen molar-refractivity contribution in [3.05, 3.63) is 16.5 Å². The van der Waals surface area contributed by atoms with Gasteiger partial charge in [-0.3, -0.25) is 4.79 Å². The molecule has 2 aromatic heterocycles. The lowest BCUT2D eigenvalue weighted by molar-refractivity contribution is 0.112. The number of rotatable bonds is 5. The van der Waals surface area contributed by atoms with Gasteiger partial charge in [0.15, 0.2) is 6.29 Å². The number of nitrogens with zero attached hydrogens (tertiary/aromatic N) is 2. The molecule has 0 aromatic carbocycles. The fraction of sp³-hybridized carbons (Fsp3) is 0.500. The van der Waals surface area contributed by atoms with Gasteiger partial charge in [-0.25, -0.2) is 4.98 Å². The Bertz CT molecular complexity index is 708. The number of aromatic nitrogens is 1. The summed E-state index contributed by atoms with van der Waals surface area (Å²) in [5.74, 6) is 0.857. The van der Waals surface area contributed by atoms with E-state index in [0.29, 0.717) is 23.4 Å². The Kier molecular flexibility index (Phi) is 4.79. The Hall–Kier alpha value is -1.70. The minimum absolute atomic E-state index is 0.111. The van der Waals surface area contributed by atoms with E-state index in [0.717, 1.165) is 53.8 Å². The zero-order chi connectivity index (χ0) is 16.4. The second kappa shape index (κ2) is 6.82. The van der Waals surface area contributed by atoms with E-state index in [2.05, 4.69) is 9.88 Å². The van der Waals surface area contributed by atoms with Crippen LogP contribution in [0.3, 0.4) is 0 Å². The number of aliphatic hydroxyl groups is 2. The van der Waals surface area contributed by atoms with Crippen molar-refractivity contribution in [2.45, 2.75) is 31.8 Å². The van der Waals surface area contributed by atoms with Gasteiger partial charge < -0.3 is 20.8 Å². The highest BCUT2D eigenvalue weighted by atomic mass is 32.1. The number of carbonyl (C=O) groups excluding carboxylic acids is 1. The second-order valence-electron chi connectivity index (χ2n) is 5.86. The molecule has 0 spiro atoms. The van der Waals surface area contributed by atoms with Crippen molar-refractivity contribution in [1.82, 2.24) is 4.98 Å². The number of carbonyl (C=O) groups is 1. The molecule has 1 saturated heterocycles. The third-order valence-electron chi connectivity index (χ3n) is 4.30. The predicted octanol–water partition coefficient (Wildman–Crippen LogP) is 1.58. The summed E-state index contributed by atoms with van der Waals surface area (Å²) in [6.45, 7) is 1.64. The lowest BCUT2D eigenvalue weighted by atomic mass is 10.0. The molecule has 124 valence electrons. The number of nitrogen functional groups attached to an aromatic ring is 1. The summed E-state index contributed by atoms with van der Waals surface area (Å²) < 4.78 is 0. The number of aliphatic hydroxyl groups excluding tert-OH is 2. The van der Waals surface area contributed by atoms with Crippen LogP contribution < -0.4 is 10.6 Å². The van der Waals surface area contributed by atoms with E-state index in [1.54, 1.807) is 0 Å². The fourth-order valence-electron chi connectivity index (χ4n) is 3.01. The Morgan fingerprint density at radius 3 is 2.83 bits per heavy atom. The standard InChI is InChI=1S/C16H21N3O3S/c17-15-12(9-21)23-16-14(15)10(2-1-7-20)8-13(18-16)19-5-3-11(22)4-6-19/h8-9,11,20,22H,1-7,17H2. The molecule has 7 heteroatoms. The first kappa shape index (κ1) is 16.2. The van der Waals surface area contributed by atoms with Crippen LogP contribution in [0.1, 0.15) is 34.5 Å². The van der Waals surface area contributed by atoms with Crippen LogP contribution in [0.15, 0.2) is 6.07 Å². The van der Waals surface area contributed by atoms with Crippen molar-refractivity contribution in [3.63, 3.8) is 0 Å². The molecule has 0 amide bonds. The number of aldehydes is 1. The Morgan fingerprint density at radius 1 is 1.43 bits per heavy atom. The van der Waals surface area contributed by atoms with Crippen molar-refractivity contribution in [2.24, 2.45) is 0 Å². The van der Waals surface area contributed by atoms with E-state index in [4.69, 9.17) is 10.8 Å². The summed E-state index contributed by atoms with van der Waals surface area (Å²) in [7, 11) is 0. The van der Waals surface area contributed by atoms with E-state index in [1.165, 1.54) is 11.3 Å². The predicted molar refractivity (Wildman–Crippen MR) is 92.3 cm³/mol. The molecule has 2 aromatic rings. The molecule has 6 nitrogen and oxygen atoms in total. The summed E-state index contributed by atoms with van der Waals surface area (Å²) in [5, 5.41) is 19.6. The van der Waals surface area contributed by atoms with Gasteiger partial charge in [-0.15, -0.1) is 11.3 Å². The number of aryl methyl sites for hydroxylation is 1. The van der Waals surface area contributed by atoms with Crippen LogP contribution in [0.4, 0.5) is 11.5 Å². The normalized spacial score (nSPS) is 16.2. The van der Waals surface area contributed by atoms with Gasteiger partial charge in [0.25, 0.3) is 0 Å². The number of piperidine rings is 1. The number of hydrogen-bond acceptors (Lipinski definition) is 7. The molecular formula is C16H21N3O3S. The number of fused-ring (bicyclic) bond motifs is 1. The molecule has 1 aliphatic rings. The summed E-state index contributed by atoms with van der Waals surface area (Å²) in [6, 6.07) is 2.01. The van der Waals surface area contributed by atoms with E-state index >= 15 is 0 Å². The Morgan fingerprint density at radius 2 is 2.17 bits per heavy atom. The zero-order valence-electron chi connectivity index (χ0n) is 12.9. The van der Waals surface area contributed by atoms with Crippen molar-refractivity contribution in [2.75, 3.05) is 30.3 Å². The van der Waals surface area contributed by atoms with Crippen LogP contribution in [-0.2, 0) is 6.42 Å². The quantitative estimate of drug-likeness (QED) is 0.717. The molecule has 0 aliphatic carbocycles. The van der Waals surface area contributed by atoms with Gasteiger partial charge in [0.2, 0.25) is 0 Å². The first-order chi connectivity index (χ1) is 11.1. The number of nitrogens with two attached hydrogens (primary N) is 1. The molecular weight excluding hydrogens is 314 g/mol. The molecule has 1 aliphatic heterocycles. The first-order valence-electron chi connectivity index (χ1n) is 7.85. The van der Waals surface area contributed by atoms with Gasteiger partial charge in [-0.05, 0) is 37.3 Å². The van der Waals surface area contributed by atoms with Crippen LogP contribution in [0.5, 0.6) is 0 Å². The average molecular weight is 335 g/mol. The molecule has 1 fully saturated rings. The third-order valence-corrected chi connectivity index (χ3v) is 5.32. The topological polar surface area (TPSA) is 99.7 Å². The highest BCUT2D eigenvalue weighted by Crippen LogP contribution is 2.36. The SMILES string of the molecule is Nc1c(C=O)sc2nc(N3CCC(O)CC3)cc(CCCO)c12. The van der Waals surface area contributed by atoms with Crippen LogP contribution in [0, 0.1) is 0 Å². The smallest absolute Gasteiger partial charge is 0.162 e. The zero-order valence-corrected chi connectivity index (χ0v) is 13.7. The molecule has 23 heavy (non-hydrogen) atoms. The van der Waals surface area contributed by atoms with Gasteiger partial charge in [0.05, 0.1) is 16.7 Å². The monoisotopic (exact) mass is 335 g/mol. The Labute approximate surface area is 138 Å². The van der Waals surface area contributed by atoms with Crippen molar-refractivity contribution in [1.29, 1.82) is 0 Å². The molecule has 0 unspecified atom stereocenters. The van der Waals surface area contributed by atoms with Crippen molar-refractivity contribution in [3.8, 4) is 0 Å². The number of thiophene rings is 1. The van der Waals surface area contributed by atoms with Crippen molar-refractivity contribution < 1.29 is 15.0 Å². The van der Waals surface area contributed by atoms with E-state index < -0.39 is 0 Å². The van der Waals surface area contributed by atoms with Crippen LogP contribution in [0.2, 0.25) is 0 Å². The third kappa shape index (κ3) is 3.17. The average Bonchev–Trinajstić information content (AvgIpc) is 2.89. The van der Waals surface area contributed by atoms with E-state index in [9.17, 15) is 9.90 Å². The maximum absolute atomic E-state index is 11.2. The minimum Gasteiger partial charge on any atom is -0.397 e. The van der Waals surface area contributed by atoms with Gasteiger partial charge in [0, 0.05) is 25.1 Å². The van der Waals surface area contributed by atoms with Gasteiger partial charge >= 0.3 is 0 Å². The fourth-order valence-corrected chi connectivity index (χ4v) is 3.96. The van der Waals surface area contributed by atoms with Crippen molar-refractivity contribution >= 4 is 39.3 Å². The molecule has 3 heterocycles. The summed E-state index contributed by atoms with van der Waals surface area (Å²) in [5.41, 5.74) is 7.61. The largest absolute Gasteiger partial charge is 0.397 e. The summed E-state index contributed by atoms with van der Waals surface area (Å²) in [4.78, 5) is 19.3. The van der Waals surface area contributed by atoms with Crippen LogP contribution >= 0.6 is 11.3 Å². The van der Waals surface area contributed by atoms with E-state index in [1.807, 2.05) is 6.07 Å². The number of anilines is 2. The molecule has 0 radical (unpaired) electrons. The maximum Gasteiger partial charge on any atom is 0.162 e. The summed E-state index contributed by atoms with van der Waals surface area (Å²) >= 11 is 1.31. The van der Waals surface area contributed by atoms with Crippen LogP contribution in [-0.4, -0.2) is 47.3 Å². The van der Waals surface area contributed by atoms with Gasteiger partial charge in [-0.2, -0.15) is 0 Å². The Balaban J connectivity index is 2.04. The lowest BCUT2D eigenvalue weighted by Crippen LogP contribution is -2.36. The number of hydrogen-bond donors (Lipinski definition) is 3. The molecule has 4 N–H and O–H groups in total.